The normalized spacial score (nSPS) is 17.4. The highest BCUT2D eigenvalue weighted by Gasteiger charge is 2.43. The van der Waals surface area contributed by atoms with Gasteiger partial charge in [0.05, 0.1) is 6.54 Å². The zero-order valence-corrected chi connectivity index (χ0v) is 8.17. The first kappa shape index (κ1) is 11.4. The van der Waals surface area contributed by atoms with E-state index in [9.17, 15) is 13.6 Å². The van der Waals surface area contributed by atoms with E-state index < -0.39 is 18.4 Å². The Morgan fingerprint density at radius 1 is 1.57 bits per heavy atom. The quantitative estimate of drug-likeness (QED) is 0.718. The van der Waals surface area contributed by atoms with Crippen LogP contribution in [0.4, 0.5) is 8.78 Å². The second-order valence-electron chi connectivity index (χ2n) is 3.71. The van der Waals surface area contributed by atoms with Crippen LogP contribution in [-0.2, 0) is 4.79 Å². The summed E-state index contributed by atoms with van der Waals surface area (Å²) in [5.41, 5.74) is 0. The van der Waals surface area contributed by atoms with Gasteiger partial charge in [-0.15, -0.1) is 0 Å². The van der Waals surface area contributed by atoms with E-state index >= 15 is 0 Å². The van der Waals surface area contributed by atoms with Gasteiger partial charge < -0.3 is 5.11 Å². The summed E-state index contributed by atoms with van der Waals surface area (Å²) in [6, 6.07) is 0.181. The van der Waals surface area contributed by atoms with Crippen LogP contribution in [-0.4, -0.2) is 41.0 Å². The van der Waals surface area contributed by atoms with E-state index in [1.807, 2.05) is 6.92 Å². The van der Waals surface area contributed by atoms with Gasteiger partial charge >= 0.3 is 11.9 Å². The van der Waals surface area contributed by atoms with Crippen LogP contribution in [0.25, 0.3) is 0 Å². The van der Waals surface area contributed by atoms with Gasteiger partial charge in [-0.3, -0.25) is 4.90 Å². The van der Waals surface area contributed by atoms with E-state index in [4.69, 9.17) is 5.11 Å². The first-order valence-corrected chi connectivity index (χ1v) is 4.82. The highest BCUT2D eigenvalue weighted by Crippen LogP contribution is 2.29. The lowest BCUT2D eigenvalue weighted by Crippen LogP contribution is -2.43. The SMILES string of the molecule is CCCN(CC(F)(F)C(=O)O)C1CC1. The van der Waals surface area contributed by atoms with Crippen LogP contribution in [0.5, 0.6) is 0 Å². The van der Waals surface area contributed by atoms with Crippen molar-refractivity contribution in [1.29, 1.82) is 0 Å². The minimum atomic E-state index is -3.61. The van der Waals surface area contributed by atoms with Gasteiger partial charge in [-0.05, 0) is 25.8 Å². The number of halogens is 2. The van der Waals surface area contributed by atoms with Crippen LogP contribution in [0, 0.1) is 0 Å². The molecule has 1 N–H and O–H groups in total. The number of carbonyl (C=O) groups is 1. The third kappa shape index (κ3) is 2.90. The molecule has 1 aliphatic carbocycles. The highest BCUT2D eigenvalue weighted by molar-refractivity contribution is 5.75. The van der Waals surface area contributed by atoms with Crippen LogP contribution in [0.1, 0.15) is 26.2 Å². The highest BCUT2D eigenvalue weighted by atomic mass is 19.3. The maximum absolute atomic E-state index is 12.9. The van der Waals surface area contributed by atoms with Crippen LogP contribution in [0.2, 0.25) is 0 Å². The van der Waals surface area contributed by atoms with E-state index in [0.29, 0.717) is 6.54 Å². The van der Waals surface area contributed by atoms with Crippen molar-refractivity contribution in [2.45, 2.75) is 38.2 Å². The Morgan fingerprint density at radius 3 is 2.50 bits per heavy atom. The predicted octanol–water partition coefficient (Wildman–Crippen LogP) is 1.58. The van der Waals surface area contributed by atoms with E-state index in [2.05, 4.69) is 0 Å². The molecular formula is C9H15F2NO2. The minimum absolute atomic E-state index is 0.181. The lowest BCUT2D eigenvalue weighted by molar-refractivity contribution is -0.167. The Morgan fingerprint density at radius 2 is 2.14 bits per heavy atom. The van der Waals surface area contributed by atoms with Gasteiger partial charge in [0.1, 0.15) is 0 Å². The lowest BCUT2D eigenvalue weighted by atomic mass is 10.3. The molecule has 0 radical (unpaired) electrons. The molecule has 0 saturated heterocycles. The summed E-state index contributed by atoms with van der Waals surface area (Å²) in [5, 5.41) is 8.28. The minimum Gasteiger partial charge on any atom is -0.477 e. The molecule has 1 fully saturated rings. The van der Waals surface area contributed by atoms with Crippen molar-refractivity contribution < 1.29 is 18.7 Å². The van der Waals surface area contributed by atoms with Crippen molar-refractivity contribution in [3.05, 3.63) is 0 Å². The molecule has 0 unspecified atom stereocenters. The van der Waals surface area contributed by atoms with Gasteiger partial charge in [0.2, 0.25) is 0 Å². The Labute approximate surface area is 81.7 Å². The Kier molecular flexibility index (Phi) is 3.42. The average Bonchev–Trinajstić information content (AvgIpc) is 2.85. The number of carboxylic acid groups (broad SMARTS) is 1. The zero-order chi connectivity index (χ0) is 10.8. The van der Waals surface area contributed by atoms with Crippen molar-refractivity contribution in [2.24, 2.45) is 0 Å². The fourth-order valence-corrected chi connectivity index (χ4v) is 1.44. The molecule has 0 spiro atoms. The molecular weight excluding hydrogens is 192 g/mol. The zero-order valence-electron chi connectivity index (χ0n) is 8.17. The maximum atomic E-state index is 12.9. The topological polar surface area (TPSA) is 40.5 Å². The molecule has 0 atom stereocenters. The molecule has 0 heterocycles. The van der Waals surface area contributed by atoms with Crippen LogP contribution < -0.4 is 0 Å². The maximum Gasteiger partial charge on any atom is 0.375 e. The Hall–Kier alpha value is -0.710. The molecule has 14 heavy (non-hydrogen) atoms. The summed E-state index contributed by atoms with van der Waals surface area (Å²) in [7, 11) is 0. The summed E-state index contributed by atoms with van der Waals surface area (Å²) in [6.07, 6.45) is 2.59. The monoisotopic (exact) mass is 207 g/mol. The third-order valence-corrected chi connectivity index (χ3v) is 2.29. The largest absolute Gasteiger partial charge is 0.477 e. The van der Waals surface area contributed by atoms with Gasteiger partial charge in [-0.1, -0.05) is 6.92 Å². The standard InChI is InChI=1S/C9H15F2NO2/c1-2-5-12(7-3-4-7)6-9(10,11)8(13)14/h7H,2-6H2,1H3,(H,13,14). The van der Waals surface area contributed by atoms with Crippen molar-refractivity contribution in [3.63, 3.8) is 0 Å². The van der Waals surface area contributed by atoms with Crippen molar-refractivity contribution in [2.75, 3.05) is 13.1 Å². The van der Waals surface area contributed by atoms with Crippen LogP contribution in [0.15, 0.2) is 0 Å². The molecule has 0 bridgehead atoms. The number of aliphatic carboxylic acids is 1. The lowest BCUT2D eigenvalue weighted by Gasteiger charge is -2.24. The smallest absolute Gasteiger partial charge is 0.375 e. The van der Waals surface area contributed by atoms with Gasteiger partial charge in [-0.2, -0.15) is 8.78 Å². The molecule has 1 aliphatic rings. The fourth-order valence-electron chi connectivity index (χ4n) is 1.44. The predicted molar refractivity (Wildman–Crippen MR) is 47.5 cm³/mol. The molecule has 0 aromatic rings. The van der Waals surface area contributed by atoms with Crippen molar-refractivity contribution >= 4 is 5.97 Å². The van der Waals surface area contributed by atoms with Crippen LogP contribution in [0.3, 0.4) is 0 Å². The fraction of sp³-hybridized carbons (Fsp3) is 0.889. The number of hydrogen-bond acceptors (Lipinski definition) is 2. The molecule has 3 nitrogen and oxygen atoms in total. The average molecular weight is 207 g/mol. The van der Waals surface area contributed by atoms with Crippen molar-refractivity contribution in [3.8, 4) is 0 Å². The first-order valence-electron chi connectivity index (χ1n) is 4.82. The molecule has 82 valence electrons. The Balaban J connectivity index is 2.49. The van der Waals surface area contributed by atoms with E-state index in [1.165, 1.54) is 0 Å². The molecule has 0 aliphatic heterocycles. The number of nitrogens with zero attached hydrogens (tertiary/aromatic N) is 1. The summed E-state index contributed by atoms with van der Waals surface area (Å²) in [6.45, 7) is 1.79. The summed E-state index contributed by atoms with van der Waals surface area (Å²) < 4.78 is 25.7. The second kappa shape index (κ2) is 4.21. The van der Waals surface area contributed by atoms with Gasteiger partial charge in [0.15, 0.2) is 0 Å². The van der Waals surface area contributed by atoms with E-state index in [0.717, 1.165) is 19.3 Å². The van der Waals surface area contributed by atoms with Crippen molar-refractivity contribution in [1.82, 2.24) is 4.90 Å². The molecule has 0 aromatic heterocycles. The molecule has 0 amide bonds. The number of rotatable bonds is 6. The molecule has 1 saturated carbocycles. The molecule has 5 heteroatoms. The summed E-state index contributed by atoms with van der Waals surface area (Å²) >= 11 is 0. The number of hydrogen-bond donors (Lipinski definition) is 1. The van der Waals surface area contributed by atoms with Crippen LogP contribution >= 0.6 is 0 Å². The van der Waals surface area contributed by atoms with Gasteiger partial charge in [0, 0.05) is 6.04 Å². The summed E-state index contributed by atoms with van der Waals surface area (Å²) in [4.78, 5) is 11.8. The Bertz CT molecular complexity index is 217. The number of carboxylic acids is 1. The summed E-state index contributed by atoms with van der Waals surface area (Å²) in [5.74, 6) is -5.64. The van der Waals surface area contributed by atoms with Gasteiger partial charge in [-0.25, -0.2) is 4.79 Å². The van der Waals surface area contributed by atoms with E-state index in [1.54, 1.807) is 4.90 Å². The van der Waals surface area contributed by atoms with Gasteiger partial charge in [0.25, 0.3) is 0 Å². The molecule has 1 rings (SSSR count). The molecule has 0 aromatic carbocycles. The first-order chi connectivity index (χ1) is 6.47. The second-order valence-corrected chi connectivity index (χ2v) is 3.71. The third-order valence-electron chi connectivity index (χ3n) is 2.29. The van der Waals surface area contributed by atoms with E-state index in [-0.39, 0.29) is 6.04 Å². The number of alkyl halides is 2.